The van der Waals surface area contributed by atoms with Crippen LogP contribution in [0.2, 0.25) is 0 Å². The molecule has 0 aliphatic rings. The number of allylic oxidation sites excluding steroid dienone is 28. The standard InChI is InChI=1S/C62H92O6/c1-4-7-10-13-16-19-22-25-28-30-31-33-34-37-40-43-46-49-52-55-61(64)67-58-59(57-66-60(63)54-51-48-45-42-39-36-27-24-21-18-15-12-9-6-3)68-62(65)56-53-50-47-44-41-38-35-32-29-26-23-20-17-14-11-8-5-2/h7-13,16-22,25-26,28-31,33-35,37-38,40,44,47,59H,4-6,14-15,23-24,27,32,36,39,41-43,45-46,48-58H2,1-3H3/b10-7-,11-8-,12-9-,16-13-,20-17-,21-18-,22-19-,28-25-,29-26-,31-30+,34-33-,38-35-,40-37-,47-44-. The monoisotopic (exact) mass is 933 g/mol. The van der Waals surface area contributed by atoms with Crippen LogP contribution in [0.15, 0.2) is 170 Å². The van der Waals surface area contributed by atoms with Crippen molar-refractivity contribution >= 4 is 17.9 Å². The highest BCUT2D eigenvalue weighted by Crippen LogP contribution is 2.12. The van der Waals surface area contributed by atoms with Crippen LogP contribution in [0.5, 0.6) is 0 Å². The molecule has 0 spiro atoms. The fourth-order valence-corrected chi connectivity index (χ4v) is 6.32. The first-order valence-electron chi connectivity index (χ1n) is 26.2. The second-order valence-corrected chi connectivity index (χ2v) is 16.5. The first-order chi connectivity index (χ1) is 33.5. The van der Waals surface area contributed by atoms with Gasteiger partial charge in [-0.05, 0) is 103 Å². The van der Waals surface area contributed by atoms with Crippen molar-refractivity contribution in [3.8, 4) is 0 Å². The number of esters is 3. The van der Waals surface area contributed by atoms with E-state index in [1.54, 1.807) is 0 Å². The third-order valence-electron chi connectivity index (χ3n) is 10.1. The molecule has 68 heavy (non-hydrogen) atoms. The summed E-state index contributed by atoms with van der Waals surface area (Å²) in [6, 6.07) is 0. The number of rotatable bonds is 44. The highest BCUT2D eigenvalue weighted by atomic mass is 16.6. The van der Waals surface area contributed by atoms with Crippen molar-refractivity contribution in [2.24, 2.45) is 0 Å². The number of unbranched alkanes of at least 4 members (excludes halogenated alkanes) is 11. The van der Waals surface area contributed by atoms with E-state index in [0.29, 0.717) is 19.3 Å². The Kier molecular flexibility index (Phi) is 50.2. The third-order valence-corrected chi connectivity index (χ3v) is 10.1. The molecule has 0 heterocycles. The van der Waals surface area contributed by atoms with Gasteiger partial charge in [0.15, 0.2) is 6.10 Å². The van der Waals surface area contributed by atoms with E-state index in [9.17, 15) is 14.4 Å². The molecule has 0 saturated heterocycles. The van der Waals surface area contributed by atoms with Crippen molar-refractivity contribution in [1.82, 2.24) is 0 Å². The van der Waals surface area contributed by atoms with Gasteiger partial charge in [-0.2, -0.15) is 0 Å². The van der Waals surface area contributed by atoms with Crippen molar-refractivity contribution in [2.45, 2.75) is 187 Å². The fraction of sp³-hybridized carbons (Fsp3) is 0.500. The van der Waals surface area contributed by atoms with Gasteiger partial charge < -0.3 is 14.2 Å². The number of ether oxygens (including phenoxy) is 3. The average molecular weight is 933 g/mol. The quantitative estimate of drug-likeness (QED) is 0.0199. The molecule has 0 aromatic heterocycles. The highest BCUT2D eigenvalue weighted by Gasteiger charge is 2.19. The van der Waals surface area contributed by atoms with Crippen molar-refractivity contribution < 1.29 is 28.6 Å². The van der Waals surface area contributed by atoms with Gasteiger partial charge in [-0.15, -0.1) is 0 Å². The van der Waals surface area contributed by atoms with Gasteiger partial charge in [0.05, 0.1) is 0 Å². The molecule has 6 nitrogen and oxygen atoms in total. The lowest BCUT2D eigenvalue weighted by Gasteiger charge is -2.18. The smallest absolute Gasteiger partial charge is 0.306 e. The molecular formula is C62H92O6. The summed E-state index contributed by atoms with van der Waals surface area (Å²) in [5.74, 6) is -1.06. The van der Waals surface area contributed by atoms with Crippen LogP contribution in [-0.4, -0.2) is 37.2 Å². The topological polar surface area (TPSA) is 78.9 Å². The van der Waals surface area contributed by atoms with Crippen LogP contribution in [0.4, 0.5) is 0 Å². The molecule has 6 heteroatoms. The number of hydrogen-bond acceptors (Lipinski definition) is 6. The Morgan fingerprint density at radius 2 is 0.618 bits per heavy atom. The molecule has 0 saturated carbocycles. The summed E-state index contributed by atoms with van der Waals surface area (Å²) in [5, 5.41) is 0. The highest BCUT2D eigenvalue weighted by molar-refractivity contribution is 5.71. The zero-order chi connectivity index (χ0) is 49.3. The van der Waals surface area contributed by atoms with E-state index in [4.69, 9.17) is 14.2 Å². The Hall–Kier alpha value is -5.23. The molecule has 0 N–H and O–H groups in total. The minimum absolute atomic E-state index is 0.129. The van der Waals surface area contributed by atoms with Gasteiger partial charge in [0.2, 0.25) is 0 Å². The van der Waals surface area contributed by atoms with Gasteiger partial charge in [-0.25, -0.2) is 0 Å². The second-order valence-electron chi connectivity index (χ2n) is 16.5. The van der Waals surface area contributed by atoms with Crippen LogP contribution in [0.1, 0.15) is 181 Å². The lowest BCUT2D eigenvalue weighted by molar-refractivity contribution is -0.167. The molecule has 0 aromatic carbocycles. The molecule has 0 fully saturated rings. The van der Waals surface area contributed by atoms with E-state index < -0.39 is 12.1 Å². The second kappa shape index (κ2) is 54.4. The summed E-state index contributed by atoms with van der Waals surface area (Å²) in [6.45, 7) is 6.15. The molecule has 0 aliphatic carbocycles. The first-order valence-corrected chi connectivity index (χ1v) is 26.2. The molecular weight excluding hydrogens is 841 g/mol. The van der Waals surface area contributed by atoms with E-state index in [2.05, 4.69) is 118 Å². The van der Waals surface area contributed by atoms with E-state index >= 15 is 0 Å². The summed E-state index contributed by atoms with van der Waals surface area (Å²) in [6.07, 6.45) is 80.5. The van der Waals surface area contributed by atoms with E-state index in [1.165, 1.54) is 25.7 Å². The maximum Gasteiger partial charge on any atom is 0.306 e. The summed E-state index contributed by atoms with van der Waals surface area (Å²) in [4.78, 5) is 38.0. The van der Waals surface area contributed by atoms with Gasteiger partial charge in [0.25, 0.3) is 0 Å². The number of hydrogen-bond donors (Lipinski definition) is 0. The molecule has 1 unspecified atom stereocenters. The third kappa shape index (κ3) is 51.7. The van der Waals surface area contributed by atoms with Gasteiger partial charge in [0, 0.05) is 19.3 Å². The number of carbonyl (C=O) groups excluding carboxylic acids is 3. The average Bonchev–Trinajstić information content (AvgIpc) is 3.34. The lowest BCUT2D eigenvalue weighted by Crippen LogP contribution is -2.30. The predicted octanol–water partition coefficient (Wildman–Crippen LogP) is 17.6. The Morgan fingerprint density at radius 3 is 1.06 bits per heavy atom. The Labute approximate surface area is 415 Å². The molecule has 0 amide bonds. The fourth-order valence-electron chi connectivity index (χ4n) is 6.32. The SMILES string of the molecule is CC\C=C/C=C\C=C/C=C\C=C\C=C/C=C\CCCCCC(=O)OCC(COC(=O)CCCCCCCCC/C=C\C/C=C\CC)OC(=O)CCC/C=C\C/C=C\C/C=C\C/C=C\C/C=C\CC. The van der Waals surface area contributed by atoms with E-state index in [-0.39, 0.29) is 38.0 Å². The van der Waals surface area contributed by atoms with Crippen molar-refractivity contribution in [3.63, 3.8) is 0 Å². The summed E-state index contributed by atoms with van der Waals surface area (Å²) in [7, 11) is 0. The Balaban J connectivity index is 4.64. The largest absolute Gasteiger partial charge is 0.462 e. The predicted molar refractivity (Wildman–Crippen MR) is 292 cm³/mol. The molecule has 0 aromatic rings. The minimum atomic E-state index is -0.840. The van der Waals surface area contributed by atoms with Crippen LogP contribution in [-0.2, 0) is 28.6 Å². The maximum absolute atomic E-state index is 12.8. The van der Waals surface area contributed by atoms with Gasteiger partial charge in [-0.1, -0.05) is 229 Å². The normalized spacial score (nSPS) is 13.5. The zero-order valence-electron chi connectivity index (χ0n) is 42.8. The Morgan fingerprint density at radius 1 is 0.309 bits per heavy atom. The van der Waals surface area contributed by atoms with Crippen molar-refractivity contribution in [3.05, 3.63) is 170 Å². The van der Waals surface area contributed by atoms with Crippen LogP contribution in [0.25, 0.3) is 0 Å². The van der Waals surface area contributed by atoms with Gasteiger partial charge >= 0.3 is 17.9 Å². The minimum Gasteiger partial charge on any atom is -0.462 e. The Bertz CT molecular complexity index is 1640. The molecule has 0 radical (unpaired) electrons. The molecule has 376 valence electrons. The maximum atomic E-state index is 12.8. The van der Waals surface area contributed by atoms with Crippen molar-refractivity contribution in [1.29, 1.82) is 0 Å². The number of carbonyl (C=O) groups is 3. The van der Waals surface area contributed by atoms with E-state index in [0.717, 1.165) is 103 Å². The van der Waals surface area contributed by atoms with Crippen LogP contribution < -0.4 is 0 Å². The lowest BCUT2D eigenvalue weighted by atomic mass is 10.1. The molecule has 1 atom stereocenters. The van der Waals surface area contributed by atoms with Crippen molar-refractivity contribution in [2.75, 3.05) is 13.2 Å². The van der Waals surface area contributed by atoms with Crippen LogP contribution in [0.3, 0.4) is 0 Å². The summed E-state index contributed by atoms with van der Waals surface area (Å²) < 4.78 is 16.7. The van der Waals surface area contributed by atoms with E-state index in [1.807, 2.05) is 72.9 Å². The summed E-state index contributed by atoms with van der Waals surface area (Å²) in [5.41, 5.74) is 0. The summed E-state index contributed by atoms with van der Waals surface area (Å²) >= 11 is 0. The van der Waals surface area contributed by atoms with Crippen LogP contribution >= 0.6 is 0 Å². The molecule has 0 bridgehead atoms. The van der Waals surface area contributed by atoms with Crippen LogP contribution in [0, 0.1) is 0 Å². The zero-order valence-corrected chi connectivity index (χ0v) is 42.8. The van der Waals surface area contributed by atoms with Gasteiger partial charge in [0.1, 0.15) is 13.2 Å². The van der Waals surface area contributed by atoms with Gasteiger partial charge in [-0.3, -0.25) is 14.4 Å². The molecule has 0 aliphatic heterocycles. The first kappa shape index (κ1) is 62.8. The molecule has 0 rings (SSSR count).